The average molecular weight is 339 g/mol. The smallest absolute Gasteiger partial charge is 0.246 e. The number of rotatable bonds is 4. The summed E-state index contributed by atoms with van der Waals surface area (Å²) in [6.45, 7) is 4.62. The van der Waals surface area contributed by atoms with Crippen LogP contribution in [0.1, 0.15) is 12.5 Å². The van der Waals surface area contributed by atoms with Crippen LogP contribution in [0, 0.1) is 11.6 Å². The Morgan fingerprint density at radius 1 is 1.19 bits per heavy atom. The highest BCUT2D eigenvalue weighted by atomic mass is 35.5. The van der Waals surface area contributed by atoms with Gasteiger partial charge >= 0.3 is 0 Å². The van der Waals surface area contributed by atoms with Crippen molar-refractivity contribution in [2.24, 2.45) is 0 Å². The van der Waals surface area contributed by atoms with E-state index in [-0.39, 0.29) is 0 Å². The lowest BCUT2D eigenvalue weighted by molar-refractivity contribution is 0.196. The first-order valence-electron chi connectivity index (χ1n) is 6.67. The number of alkyl halides is 1. The zero-order valence-electron chi connectivity index (χ0n) is 11.7. The van der Waals surface area contributed by atoms with Gasteiger partial charge in [-0.05, 0) is 18.7 Å². The van der Waals surface area contributed by atoms with Crippen molar-refractivity contribution in [3.63, 3.8) is 0 Å². The second-order valence-electron chi connectivity index (χ2n) is 4.81. The first kappa shape index (κ1) is 16.6. The number of likely N-dealkylation sites (N-methyl/N-ethyl adjacent to an activating group) is 1. The van der Waals surface area contributed by atoms with Gasteiger partial charge in [-0.15, -0.1) is 11.6 Å². The molecule has 8 heteroatoms. The Hall–Kier alpha value is -0.760. The van der Waals surface area contributed by atoms with E-state index in [4.69, 9.17) is 11.6 Å². The molecule has 1 aromatic rings. The highest BCUT2D eigenvalue weighted by Gasteiger charge is 2.31. The molecule has 118 valence electrons. The number of hydrogen-bond acceptors (Lipinski definition) is 3. The summed E-state index contributed by atoms with van der Waals surface area (Å²) in [4.78, 5) is 1.60. The molecule has 1 heterocycles. The van der Waals surface area contributed by atoms with Gasteiger partial charge in [0.1, 0.15) is 10.7 Å². The van der Waals surface area contributed by atoms with Crippen LogP contribution in [-0.4, -0.2) is 50.3 Å². The van der Waals surface area contributed by atoms with Gasteiger partial charge in [-0.2, -0.15) is 4.31 Å². The number of sulfonamides is 1. The molecule has 0 unspecified atom stereocenters. The Morgan fingerprint density at radius 2 is 1.81 bits per heavy atom. The molecule has 0 N–H and O–H groups in total. The number of benzene rings is 1. The third kappa shape index (κ3) is 3.21. The Morgan fingerprint density at radius 3 is 2.33 bits per heavy atom. The Labute approximate surface area is 128 Å². The quantitative estimate of drug-likeness (QED) is 0.789. The number of nitrogens with zero attached hydrogens (tertiary/aromatic N) is 2. The van der Waals surface area contributed by atoms with Gasteiger partial charge in [0.2, 0.25) is 10.0 Å². The molecular weight excluding hydrogens is 322 g/mol. The second-order valence-corrected chi connectivity index (χ2v) is 6.98. The van der Waals surface area contributed by atoms with Crippen LogP contribution < -0.4 is 0 Å². The van der Waals surface area contributed by atoms with Gasteiger partial charge in [-0.25, -0.2) is 17.2 Å². The Kier molecular flexibility index (Phi) is 5.19. The standard InChI is InChI=1S/C13H17ClF2N2O2S/c1-2-17-5-7-18(8-6-17)21(19,20)12-4-3-11(15)10(9-14)13(12)16/h3-4H,2,5-9H2,1H3. The average Bonchev–Trinajstić information content (AvgIpc) is 2.47. The van der Waals surface area contributed by atoms with E-state index in [1.54, 1.807) is 0 Å². The molecule has 1 saturated heterocycles. The van der Waals surface area contributed by atoms with E-state index in [1.165, 1.54) is 4.31 Å². The van der Waals surface area contributed by atoms with E-state index in [0.29, 0.717) is 26.2 Å². The molecule has 4 nitrogen and oxygen atoms in total. The van der Waals surface area contributed by atoms with Crippen molar-refractivity contribution in [2.45, 2.75) is 17.7 Å². The van der Waals surface area contributed by atoms with Crippen LogP contribution >= 0.6 is 11.6 Å². The van der Waals surface area contributed by atoms with Gasteiger partial charge in [0, 0.05) is 31.7 Å². The van der Waals surface area contributed by atoms with Crippen molar-refractivity contribution >= 4 is 21.6 Å². The first-order valence-corrected chi connectivity index (χ1v) is 8.64. The van der Waals surface area contributed by atoms with Gasteiger partial charge in [-0.1, -0.05) is 6.92 Å². The summed E-state index contributed by atoms with van der Waals surface area (Å²) in [5, 5.41) is 0. The van der Waals surface area contributed by atoms with Crippen LogP contribution in [0.5, 0.6) is 0 Å². The molecule has 0 aromatic heterocycles. The van der Waals surface area contributed by atoms with Crippen molar-refractivity contribution in [3.8, 4) is 0 Å². The summed E-state index contributed by atoms with van der Waals surface area (Å²) < 4.78 is 53.8. The van der Waals surface area contributed by atoms with Crippen LogP contribution in [0.15, 0.2) is 17.0 Å². The van der Waals surface area contributed by atoms with E-state index in [2.05, 4.69) is 4.90 Å². The second kappa shape index (κ2) is 6.56. The lowest BCUT2D eigenvalue weighted by atomic mass is 10.2. The molecule has 1 aromatic carbocycles. The molecule has 1 aliphatic rings. The number of halogens is 3. The van der Waals surface area contributed by atoms with Crippen molar-refractivity contribution in [2.75, 3.05) is 32.7 Å². The first-order chi connectivity index (χ1) is 9.91. The summed E-state index contributed by atoms with van der Waals surface area (Å²) in [5.41, 5.74) is -0.412. The van der Waals surface area contributed by atoms with Crippen molar-refractivity contribution in [1.29, 1.82) is 0 Å². The van der Waals surface area contributed by atoms with Crippen LogP contribution in [0.3, 0.4) is 0 Å². The third-order valence-corrected chi connectivity index (χ3v) is 5.86. The maximum atomic E-state index is 14.2. The molecule has 0 radical (unpaired) electrons. The summed E-state index contributed by atoms with van der Waals surface area (Å²) in [6, 6.07) is 1.90. The van der Waals surface area contributed by atoms with Gasteiger partial charge in [0.25, 0.3) is 0 Å². The van der Waals surface area contributed by atoms with Crippen LogP contribution in [0.2, 0.25) is 0 Å². The summed E-state index contributed by atoms with van der Waals surface area (Å²) in [6.07, 6.45) is 0. The fourth-order valence-corrected chi connectivity index (χ4v) is 4.08. The zero-order valence-corrected chi connectivity index (χ0v) is 13.2. The summed E-state index contributed by atoms with van der Waals surface area (Å²) >= 11 is 5.49. The molecule has 0 aliphatic carbocycles. The van der Waals surface area contributed by atoms with Crippen molar-refractivity contribution < 1.29 is 17.2 Å². The molecule has 2 rings (SSSR count). The minimum absolute atomic E-state index is 0.295. The van der Waals surface area contributed by atoms with E-state index in [0.717, 1.165) is 18.7 Å². The molecule has 1 aliphatic heterocycles. The van der Waals surface area contributed by atoms with Crippen LogP contribution in [0.25, 0.3) is 0 Å². The predicted octanol–water partition coefficient (Wildman–Crippen LogP) is 2.03. The minimum atomic E-state index is -3.97. The molecule has 0 atom stereocenters. The molecule has 1 fully saturated rings. The molecule has 21 heavy (non-hydrogen) atoms. The lowest BCUT2D eigenvalue weighted by Crippen LogP contribution is -2.48. The fraction of sp³-hybridized carbons (Fsp3) is 0.538. The molecule has 0 saturated carbocycles. The minimum Gasteiger partial charge on any atom is -0.301 e. The van der Waals surface area contributed by atoms with E-state index >= 15 is 0 Å². The maximum Gasteiger partial charge on any atom is 0.246 e. The van der Waals surface area contributed by atoms with Crippen molar-refractivity contribution in [3.05, 3.63) is 29.3 Å². The topological polar surface area (TPSA) is 40.6 Å². The molecule has 0 amide bonds. The molecule has 0 bridgehead atoms. The molecular formula is C13H17ClF2N2O2S. The highest BCUT2D eigenvalue weighted by Crippen LogP contribution is 2.25. The third-order valence-electron chi connectivity index (χ3n) is 3.68. The summed E-state index contributed by atoms with van der Waals surface area (Å²) in [7, 11) is -3.97. The number of hydrogen-bond donors (Lipinski definition) is 0. The van der Waals surface area contributed by atoms with Gasteiger partial charge in [-0.3, -0.25) is 0 Å². The molecule has 0 spiro atoms. The van der Waals surface area contributed by atoms with Gasteiger partial charge < -0.3 is 4.90 Å². The van der Waals surface area contributed by atoms with E-state index < -0.39 is 38.0 Å². The lowest BCUT2D eigenvalue weighted by Gasteiger charge is -2.33. The maximum absolute atomic E-state index is 14.2. The Balaban J connectivity index is 2.33. The summed E-state index contributed by atoms with van der Waals surface area (Å²) in [5.74, 6) is -2.34. The normalized spacial score (nSPS) is 18.1. The van der Waals surface area contributed by atoms with E-state index in [1.807, 2.05) is 6.92 Å². The zero-order chi connectivity index (χ0) is 15.6. The van der Waals surface area contributed by atoms with Gasteiger partial charge in [0.15, 0.2) is 5.82 Å². The largest absolute Gasteiger partial charge is 0.301 e. The predicted molar refractivity (Wildman–Crippen MR) is 76.8 cm³/mol. The van der Waals surface area contributed by atoms with Crippen LogP contribution in [-0.2, 0) is 15.9 Å². The van der Waals surface area contributed by atoms with E-state index in [9.17, 15) is 17.2 Å². The fourth-order valence-electron chi connectivity index (χ4n) is 2.32. The monoisotopic (exact) mass is 338 g/mol. The SMILES string of the molecule is CCN1CCN(S(=O)(=O)c2ccc(F)c(CCl)c2F)CC1. The van der Waals surface area contributed by atoms with Gasteiger partial charge in [0.05, 0.1) is 5.88 Å². The van der Waals surface area contributed by atoms with Crippen LogP contribution in [0.4, 0.5) is 8.78 Å². The number of piperazine rings is 1. The van der Waals surface area contributed by atoms with Crippen molar-refractivity contribution in [1.82, 2.24) is 9.21 Å². The Bertz CT molecular complexity index is 617. The highest BCUT2D eigenvalue weighted by molar-refractivity contribution is 7.89.